The summed E-state index contributed by atoms with van der Waals surface area (Å²) in [6.07, 6.45) is -2.92. The van der Waals surface area contributed by atoms with Gasteiger partial charge >= 0.3 is 6.18 Å². The topological polar surface area (TPSA) is 46.9 Å². The molecule has 0 aliphatic carbocycles. The molecule has 3 heterocycles. The van der Waals surface area contributed by atoms with Crippen LogP contribution in [0.5, 0.6) is 11.5 Å². The highest BCUT2D eigenvalue weighted by Crippen LogP contribution is 2.44. The predicted molar refractivity (Wildman–Crippen MR) is 109 cm³/mol. The van der Waals surface area contributed by atoms with E-state index >= 15 is 0 Å². The lowest BCUT2D eigenvalue weighted by molar-refractivity contribution is -0.153. The average Bonchev–Trinajstić information content (AvgIpc) is 3.07. The Morgan fingerprint density at radius 2 is 1.97 bits per heavy atom. The highest BCUT2D eigenvalue weighted by atomic mass is 19.4. The van der Waals surface area contributed by atoms with Gasteiger partial charge in [0.05, 0.1) is 12.6 Å². The fourth-order valence-electron chi connectivity index (χ4n) is 5.01. The van der Waals surface area contributed by atoms with Gasteiger partial charge in [-0.2, -0.15) is 13.2 Å². The molecule has 0 saturated heterocycles. The second-order valence-corrected chi connectivity index (χ2v) is 8.06. The molecule has 0 fully saturated rings. The molecule has 31 heavy (non-hydrogen) atoms. The van der Waals surface area contributed by atoms with Crippen molar-refractivity contribution >= 4 is 10.9 Å². The first-order chi connectivity index (χ1) is 14.9. The number of halogens is 3. The first-order valence-electron chi connectivity index (χ1n) is 10.2. The molecule has 3 aromatic rings. The summed E-state index contributed by atoms with van der Waals surface area (Å²) < 4.78 is 50.3. The third-order valence-electron chi connectivity index (χ3n) is 6.37. The summed E-state index contributed by atoms with van der Waals surface area (Å²) in [5.41, 5.74) is 5.42. The Bertz CT molecular complexity index is 1140. The number of hydrogen-bond acceptors (Lipinski definition) is 4. The van der Waals surface area contributed by atoms with Gasteiger partial charge in [-0.05, 0) is 47.7 Å². The summed E-state index contributed by atoms with van der Waals surface area (Å²) in [7, 11) is 1.44. The minimum Gasteiger partial charge on any atom is -0.493 e. The Labute approximate surface area is 177 Å². The van der Waals surface area contributed by atoms with Crippen molar-refractivity contribution in [3.05, 3.63) is 58.8 Å². The number of nitrogens with zero attached hydrogens (tertiary/aromatic N) is 2. The smallest absolute Gasteiger partial charge is 0.422 e. The Hall–Kier alpha value is -2.71. The number of fused-ring (bicyclic) bond motifs is 6. The van der Waals surface area contributed by atoms with Gasteiger partial charge in [0.25, 0.3) is 0 Å². The number of ether oxygens (including phenoxy) is 2. The van der Waals surface area contributed by atoms with E-state index in [1.165, 1.54) is 12.7 Å². The largest absolute Gasteiger partial charge is 0.493 e. The lowest BCUT2D eigenvalue weighted by Crippen LogP contribution is -2.40. The molecule has 1 atom stereocenters. The zero-order valence-corrected chi connectivity index (χ0v) is 17.1. The van der Waals surface area contributed by atoms with Crippen molar-refractivity contribution in [3.63, 3.8) is 0 Å². The lowest BCUT2D eigenvalue weighted by atomic mass is 9.85. The Balaban J connectivity index is 1.54. The quantitative estimate of drug-likeness (QED) is 0.672. The fourth-order valence-corrected chi connectivity index (χ4v) is 5.01. The Morgan fingerprint density at radius 3 is 2.71 bits per heavy atom. The number of rotatable bonds is 4. The maximum absolute atomic E-state index is 12.6. The first-order valence-corrected chi connectivity index (χ1v) is 10.2. The van der Waals surface area contributed by atoms with Crippen LogP contribution in [0.3, 0.4) is 0 Å². The Morgan fingerprint density at radius 1 is 1.16 bits per heavy atom. The number of benzene rings is 2. The molecule has 0 spiro atoms. The molecule has 2 aliphatic rings. The minimum atomic E-state index is -4.40. The van der Waals surface area contributed by atoms with E-state index in [1.807, 2.05) is 28.8 Å². The molecule has 5 rings (SSSR count). The first kappa shape index (κ1) is 20.2. The number of aliphatic hydroxyl groups excluding tert-OH is 1. The molecule has 2 aliphatic heterocycles. The molecule has 164 valence electrons. The van der Waals surface area contributed by atoms with E-state index in [9.17, 15) is 18.3 Å². The molecule has 1 unspecified atom stereocenters. The van der Waals surface area contributed by atoms with Crippen molar-refractivity contribution in [2.75, 3.05) is 20.3 Å². The summed E-state index contributed by atoms with van der Waals surface area (Å²) in [5, 5.41) is 11.1. The molecular weight excluding hydrogens is 409 g/mol. The van der Waals surface area contributed by atoms with E-state index in [1.54, 1.807) is 6.07 Å². The SMILES string of the molecule is COc1cc2c(cc1OCC(F)(F)F)CCN1Cc3c(c4ccccc4n3CO)CC21. The van der Waals surface area contributed by atoms with Crippen LogP contribution in [0.1, 0.15) is 28.4 Å². The van der Waals surface area contributed by atoms with Crippen LogP contribution in [0.4, 0.5) is 13.2 Å². The lowest BCUT2D eigenvalue weighted by Gasteiger charge is -2.41. The van der Waals surface area contributed by atoms with Crippen molar-refractivity contribution < 1.29 is 27.8 Å². The van der Waals surface area contributed by atoms with Gasteiger partial charge in [0.2, 0.25) is 0 Å². The maximum atomic E-state index is 12.6. The van der Waals surface area contributed by atoms with Crippen LogP contribution in [-0.4, -0.2) is 41.0 Å². The van der Waals surface area contributed by atoms with Crippen LogP contribution in [-0.2, 0) is 26.1 Å². The molecule has 2 aromatic carbocycles. The number of para-hydroxylation sites is 1. The minimum absolute atomic E-state index is 0.0708. The van der Waals surface area contributed by atoms with E-state index in [-0.39, 0.29) is 18.5 Å². The van der Waals surface area contributed by atoms with Crippen LogP contribution < -0.4 is 9.47 Å². The van der Waals surface area contributed by atoms with Crippen LogP contribution in [0.25, 0.3) is 10.9 Å². The molecule has 1 aromatic heterocycles. The van der Waals surface area contributed by atoms with Crippen molar-refractivity contribution in [1.82, 2.24) is 9.47 Å². The van der Waals surface area contributed by atoms with Crippen molar-refractivity contribution in [1.29, 1.82) is 0 Å². The van der Waals surface area contributed by atoms with Gasteiger partial charge in [-0.25, -0.2) is 0 Å². The number of aliphatic hydroxyl groups is 1. The van der Waals surface area contributed by atoms with E-state index in [0.29, 0.717) is 18.7 Å². The summed E-state index contributed by atoms with van der Waals surface area (Å²) in [5.74, 6) is 0.439. The van der Waals surface area contributed by atoms with E-state index in [2.05, 4.69) is 11.0 Å². The molecule has 0 radical (unpaired) electrons. The predicted octanol–water partition coefficient (Wildman–Crippen LogP) is 4.20. The van der Waals surface area contributed by atoms with Gasteiger partial charge in [0.1, 0.15) is 6.73 Å². The average molecular weight is 432 g/mol. The fraction of sp³-hybridized carbons (Fsp3) is 0.391. The molecule has 0 amide bonds. The molecular formula is C23H23F3N2O3. The van der Waals surface area contributed by atoms with E-state index in [0.717, 1.165) is 40.7 Å². The van der Waals surface area contributed by atoms with E-state index in [4.69, 9.17) is 9.47 Å². The van der Waals surface area contributed by atoms with Gasteiger partial charge in [-0.1, -0.05) is 18.2 Å². The van der Waals surface area contributed by atoms with Crippen LogP contribution in [0.15, 0.2) is 36.4 Å². The van der Waals surface area contributed by atoms with Crippen molar-refractivity contribution in [2.45, 2.75) is 38.3 Å². The van der Waals surface area contributed by atoms with Crippen molar-refractivity contribution in [2.24, 2.45) is 0 Å². The molecule has 0 bridgehead atoms. The van der Waals surface area contributed by atoms with Gasteiger partial charge < -0.3 is 19.1 Å². The van der Waals surface area contributed by atoms with Crippen molar-refractivity contribution in [3.8, 4) is 11.5 Å². The second kappa shape index (κ2) is 7.46. The van der Waals surface area contributed by atoms with Gasteiger partial charge in [0.15, 0.2) is 18.1 Å². The monoisotopic (exact) mass is 432 g/mol. The highest BCUT2D eigenvalue weighted by Gasteiger charge is 2.36. The zero-order chi connectivity index (χ0) is 21.8. The van der Waals surface area contributed by atoms with Gasteiger partial charge in [-0.15, -0.1) is 0 Å². The number of hydrogen-bond donors (Lipinski definition) is 1. The zero-order valence-electron chi connectivity index (χ0n) is 17.1. The van der Waals surface area contributed by atoms with E-state index < -0.39 is 12.8 Å². The van der Waals surface area contributed by atoms with Crippen LogP contribution >= 0.6 is 0 Å². The standard InChI is InChI=1S/C23H23F3N2O3/c1-30-21-10-16-14(8-22(21)31-12-23(24,25)26)6-7-27-11-20-17(9-19(16)27)15-4-2-3-5-18(15)28(20)13-29/h2-5,8,10,19,29H,6-7,9,11-13H2,1H3. The third-order valence-corrected chi connectivity index (χ3v) is 6.37. The normalized spacial score (nSPS) is 18.4. The highest BCUT2D eigenvalue weighted by molar-refractivity contribution is 5.86. The number of alkyl halides is 3. The summed E-state index contributed by atoms with van der Waals surface area (Å²) in [6.45, 7) is 0.0822. The summed E-state index contributed by atoms with van der Waals surface area (Å²) >= 11 is 0. The number of methoxy groups -OCH3 is 1. The summed E-state index contributed by atoms with van der Waals surface area (Å²) in [4.78, 5) is 2.37. The second-order valence-electron chi connectivity index (χ2n) is 8.06. The molecule has 5 nitrogen and oxygen atoms in total. The maximum Gasteiger partial charge on any atom is 0.422 e. The third kappa shape index (κ3) is 3.43. The molecule has 0 saturated carbocycles. The van der Waals surface area contributed by atoms with Crippen LogP contribution in [0, 0.1) is 0 Å². The van der Waals surface area contributed by atoms with Crippen LogP contribution in [0.2, 0.25) is 0 Å². The van der Waals surface area contributed by atoms with Gasteiger partial charge in [0, 0.05) is 30.2 Å². The number of aromatic nitrogens is 1. The Kier molecular flexibility index (Phi) is 4.86. The molecule has 8 heteroatoms. The molecule has 1 N–H and O–H groups in total. The summed E-state index contributed by atoms with van der Waals surface area (Å²) in [6, 6.07) is 11.7. The van der Waals surface area contributed by atoms with Gasteiger partial charge in [-0.3, -0.25) is 4.90 Å².